The van der Waals surface area contributed by atoms with Gasteiger partial charge in [0.25, 0.3) is 9.05 Å². The van der Waals surface area contributed by atoms with Crippen LogP contribution < -0.4 is 0 Å². The van der Waals surface area contributed by atoms with Crippen molar-refractivity contribution in [3.8, 4) is 0 Å². The number of nitrogens with zero attached hydrogens (tertiary/aromatic N) is 1. The number of hydrogen-bond donors (Lipinski definition) is 0. The molecule has 8 heteroatoms. The summed E-state index contributed by atoms with van der Waals surface area (Å²) in [6, 6.07) is 1.89. The second kappa shape index (κ2) is 4.58. The molecule has 0 aliphatic carbocycles. The third-order valence-corrected chi connectivity index (χ3v) is 2.95. The summed E-state index contributed by atoms with van der Waals surface area (Å²) in [5, 5.41) is 0. The number of methoxy groups -OCH3 is 1. The molecule has 6 nitrogen and oxygen atoms in total. The van der Waals surface area contributed by atoms with Gasteiger partial charge in [0.05, 0.1) is 12.0 Å². The second-order valence-electron chi connectivity index (χ2n) is 2.66. The van der Waals surface area contributed by atoms with Gasteiger partial charge in [-0.1, -0.05) is 0 Å². The molecule has 0 aliphatic rings. The highest BCUT2D eigenvalue weighted by Gasteiger charge is 2.17. The largest absolute Gasteiger partial charge is 0.464 e. The van der Waals surface area contributed by atoms with Crippen LogP contribution in [0.2, 0.25) is 0 Å². The average Bonchev–Trinajstić information content (AvgIpc) is 2.26. The molecule has 0 saturated carbocycles. The molecule has 0 radical (unpaired) electrons. The molecule has 1 heterocycles. The Morgan fingerprint density at radius 1 is 1.50 bits per heavy atom. The molecular formula is C8H6ClNO5S. The fourth-order valence-corrected chi connectivity index (χ4v) is 1.72. The molecule has 86 valence electrons. The summed E-state index contributed by atoms with van der Waals surface area (Å²) in [6.45, 7) is 0. The van der Waals surface area contributed by atoms with Crippen molar-refractivity contribution >= 4 is 32.0 Å². The molecule has 0 atom stereocenters. The van der Waals surface area contributed by atoms with Gasteiger partial charge in [-0.25, -0.2) is 18.2 Å². The summed E-state index contributed by atoms with van der Waals surface area (Å²) in [7, 11) is 2.15. The van der Waals surface area contributed by atoms with Crippen LogP contribution in [0.15, 0.2) is 17.0 Å². The lowest BCUT2D eigenvalue weighted by molar-refractivity contribution is 0.0593. The number of ether oxygens (including phenoxy) is 1. The number of carbonyl (C=O) groups is 2. The Morgan fingerprint density at radius 3 is 2.56 bits per heavy atom. The van der Waals surface area contributed by atoms with Gasteiger partial charge >= 0.3 is 5.97 Å². The van der Waals surface area contributed by atoms with Crippen LogP contribution in [0, 0.1) is 0 Å². The zero-order chi connectivity index (χ0) is 12.3. The van der Waals surface area contributed by atoms with Crippen LogP contribution in [0.3, 0.4) is 0 Å². The monoisotopic (exact) mass is 263 g/mol. The van der Waals surface area contributed by atoms with E-state index in [0.29, 0.717) is 6.29 Å². The van der Waals surface area contributed by atoms with Gasteiger partial charge in [-0.05, 0) is 12.1 Å². The van der Waals surface area contributed by atoms with Crippen molar-refractivity contribution in [1.29, 1.82) is 0 Å². The van der Waals surface area contributed by atoms with E-state index in [1.54, 1.807) is 0 Å². The smallest absolute Gasteiger partial charge is 0.356 e. The van der Waals surface area contributed by atoms with E-state index in [-0.39, 0.29) is 16.3 Å². The standard InChI is InChI=1S/C8H6ClNO5S/c1-15-8(12)7-3-6(16(9,13)14)2-5(4-11)10-7/h2-4H,1H3. The fourth-order valence-electron chi connectivity index (χ4n) is 0.936. The van der Waals surface area contributed by atoms with Gasteiger partial charge in [0.15, 0.2) is 12.0 Å². The van der Waals surface area contributed by atoms with Crippen molar-refractivity contribution in [1.82, 2.24) is 4.98 Å². The van der Waals surface area contributed by atoms with E-state index in [9.17, 15) is 18.0 Å². The van der Waals surface area contributed by atoms with E-state index in [0.717, 1.165) is 19.2 Å². The predicted octanol–water partition coefficient (Wildman–Crippen LogP) is 0.608. The molecule has 0 spiro atoms. The average molecular weight is 264 g/mol. The molecule has 1 rings (SSSR count). The zero-order valence-corrected chi connectivity index (χ0v) is 9.58. The van der Waals surface area contributed by atoms with Crippen LogP contribution in [0.1, 0.15) is 21.0 Å². The minimum atomic E-state index is -4.03. The lowest BCUT2D eigenvalue weighted by Gasteiger charge is -2.02. The first-order valence-electron chi connectivity index (χ1n) is 3.88. The lowest BCUT2D eigenvalue weighted by atomic mass is 10.3. The third kappa shape index (κ3) is 2.77. The first-order valence-corrected chi connectivity index (χ1v) is 6.19. The number of esters is 1. The van der Waals surface area contributed by atoms with E-state index < -0.39 is 15.0 Å². The summed E-state index contributed by atoms with van der Waals surface area (Å²) >= 11 is 0. The van der Waals surface area contributed by atoms with Gasteiger partial charge in [0.1, 0.15) is 5.69 Å². The van der Waals surface area contributed by atoms with Crippen molar-refractivity contribution in [2.75, 3.05) is 7.11 Å². The minimum absolute atomic E-state index is 0.220. The predicted molar refractivity (Wildman–Crippen MR) is 54.0 cm³/mol. The van der Waals surface area contributed by atoms with Crippen molar-refractivity contribution in [2.45, 2.75) is 4.90 Å². The molecule has 1 aromatic heterocycles. The molecule has 0 bridgehead atoms. The molecule has 0 amide bonds. The molecule has 0 N–H and O–H groups in total. The van der Waals surface area contributed by atoms with Crippen LogP contribution in [0.5, 0.6) is 0 Å². The fraction of sp³-hybridized carbons (Fsp3) is 0.125. The first-order chi connectivity index (χ1) is 7.38. The summed E-state index contributed by atoms with van der Waals surface area (Å²) in [4.78, 5) is 24.8. The number of rotatable bonds is 3. The highest BCUT2D eigenvalue weighted by Crippen LogP contribution is 2.16. The molecule has 0 unspecified atom stereocenters. The Morgan fingerprint density at radius 2 is 2.12 bits per heavy atom. The Labute approximate surface area is 95.6 Å². The Kier molecular flexibility index (Phi) is 3.61. The van der Waals surface area contributed by atoms with Gasteiger partial charge in [-0.3, -0.25) is 4.79 Å². The number of carbonyl (C=O) groups excluding carboxylic acids is 2. The van der Waals surface area contributed by atoms with E-state index in [1.807, 2.05) is 0 Å². The topological polar surface area (TPSA) is 90.4 Å². The molecule has 0 aliphatic heterocycles. The SMILES string of the molecule is COC(=O)c1cc(S(=O)(=O)Cl)cc(C=O)n1. The first kappa shape index (κ1) is 12.6. The number of pyridine rings is 1. The summed E-state index contributed by atoms with van der Waals surface area (Å²) < 4.78 is 26.4. The van der Waals surface area contributed by atoms with Gasteiger partial charge in [-0.2, -0.15) is 0 Å². The highest BCUT2D eigenvalue weighted by molar-refractivity contribution is 8.13. The normalized spacial score (nSPS) is 10.9. The Bertz CT molecular complexity index is 539. The van der Waals surface area contributed by atoms with E-state index in [4.69, 9.17) is 10.7 Å². The summed E-state index contributed by atoms with van der Waals surface area (Å²) in [5.41, 5.74) is -0.520. The maximum absolute atomic E-state index is 11.1. The highest BCUT2D eigenvalue weighted by atomic mass is 35.7. The van der Waals surface area contributed by atoms with Gasteiger partial charge in [-0.15, -0.1) is 0 Å². The number of hydrogen-bond acceptors (Lipinski definition) is 6. The molecule has 1 aromatic rings. The molecule has 16 heavy (non-hydrogen) atoms. The minimum Gasteiger partial charge on any atom is -0.464 e. The van der Waals surface area contributed by atoms with Gasteiger partial charge < -0.3 is 4.74 Å². The van der Waals surface area contributed by atoms with Gasteiger partial charge in [0.2, 0.25) is 0 Å². The Hall–Kier alpha value is -1.47. The van der Waals surface area contributed by atoms with E-state index in [1.165, 1.54) is 0 Å². The van der Waals surface area contributed by atoms with Crippen molar-refractivity contribution in [3.63, 3.8) is 0 Å². The summed E-state index contributed by atoms with van der Waals surface area (Å²) in [6.07, 6.45) is 0.304. The van der Waals surface area contributed by atoms with E-state index >= 15 is 0 Å². The van der Waals surface area contributed by atoms with Crippen molar-refractivity contribution < 1.29 is 22.7 Å². The van der Waals surface area contributed by atoms with Crippen molar-refractivity contribution in [3.05, 3.63) is 23.5 Å². The Balaban J connectivity index is 3.44. The van der Waals surface area contributed by atoms with Crippen LogP contribution in [-0.2, 0) is 13.8 Å². The quantitative estimate of drug-likeness (QED) is 0.451. The molecule has 0 aromatic carbocycles. The lowest BCUT2D eigenvalue weighted by Crippen LogP contribution is -2.08. The molecule has 0 saturated heterocycles. The number of aromatic nitrogens is 1. The summed E-state index contributed by atoms with van der Waals surface area (Å²) in [5.74, 6) is -0.856. The van der Waals surface area contributed by atoms with E-state index in [2.05, 4.69) is 9.72 Å². The van der Waals surface area contributed by atoms with Crippen molar-refractivity contribution in [2.24, 2.45) is 0 Å². The van der Waals surface area contributed by atoms with Gasteiger partial charge in [0, 0.05) is 10.7 Å². The van der Waals surface area contributed by atoms with Crippen LogP contribution in [0.25, 0.3) is 0 Å². The maximum Gasteiger partial charge on any atom is 0.356 e. The molecular weight excluding hydrogens is 258 g/mol. The van der Waals surface area contributed by atoms with Crippen LogP contribution in [-0.4, -0.2) is 32.8 Å². The van der Waals surface area contributed by atoms with Crippen LogP contribution >= 0.6 is 10.7 Å². The third-order valence-electron chi connectivity index (χ3n) is 1.62. The molecule has 0 fully saturated rings. The second-order valence-corrected chi connectivity index (χ2v) is 5.23. The van der Waals surface area contributed by atoms with Crippen LogP contribution in [0.4, 0.5) is 0 Å². The maximum atomic E-state index is 11.1. The number of aldehydes is 1. The number of halogens is 1. The zero-order valence-electron chi connectivity index (χ0n) is 8.01.